The summed E-state index contributed by atoms with van der Waals surface area (Å²) in [4.78, 5) is 32.2. The van der Waals surface area contributed by atoms with Gasteiger partial charge in [0, 0.05) is 32.2 Å². The van der Waals surface area contributed by atoms with Crippen LogP contribution >= 0.6 is 0 Å². The summed E-state index contributed by atoms with van der Waals surface area (Å²) in [5, 5.41) is 0. The van der Waals surface area contributed by atoms with Crippen LogP contribution in [-0.2, 0) is 9.59 Å². The fourth-order valence-corrected chi connectivity index (χ4v) is 5.33. The molecule has 36 heavy (non-hydrogen) atoms. The van der Waals surface area contributed by atoms with Crippen molar-refractivity contribution in [1.29, 1.82) is 0 Å². The topological polar surface area (TPSA) is 62.3 Å². The Morgan fingerprint density at radius 2 is 1.33 bits per heavy atom. The summed E-state index contributed by atoms with van der Waals surface area (Å²) in [6, 6.07) is 25.9. The van der Waals surface area contributed by atoms with Crippen LogP contribution in [0.25, 0.3) is 0 Å². The Balaban J connectivity index is 1.31. The average Bonchev–Trinajstić information content (AvgIpc) is 3.23. The van der Waals surface area contributed by atoms with Crippen LogP contribution in [0, 0.1) is 0 Å². The second-order valence-corrected chi connectivity index (χ2v) is 9.12. The fourth-order valence-electron chi connectivity index (χ4n) is 5.33. The third-order valence-electron chi connectivity index (χ3n) is 7.13. The van der Waals surface area contributed by atoms with Crippen molar-refractivity contribution in [2.75, 3.05) is 45.3 Å². The van der Waals surface area contributed by atoms with Crippen molar-refractivity contribution in [1.82, 2.24) is 9.80 Å². The molecule has 2 aliphatic heterocycles. The zero-order valence-electron chi connectivity index (χ0n) is 20.7. The molecule has 2 aliphatic rings. The lowest BCUT2D eigenvalue weighted by molar-refractivity contribution is -0.123. The molecule has 0 saturated carbocycles. The summed E-state index contributed by atoms with van der Waals surface area (Å²) in [5.74, 6) is 0.675. The SMILES string of the molecule is COc1ccc(N2C(=O)CC(N3CCN(C(c4ccccc4)c4ccccc4)CC3)C2=O)cc1OC. The van der Waals surface area contributed by atoms with E-state index in [9.17, 15) is 9.59 Å². The van der Waals surface area contributed by atoms with Crippen LogP contribution < -0.4 is 14.4 Å². The lowest BCUT2D eigenvalue weighted by Crippen LogP contribution is -2.53. The van der Waals surface area contributed by atoms with Gasteiger partial charge in [0.05, 0.1) is 38.4 Å². The van der Waals surface area contributed by atoms with Gasteiger partial charge in [-0.3, -0.25) is 19.4 Å². The molecule has 2 amide bonds. The molecule has 0 spiro atoms. The van der Waals surface area contributed by atoms with E-state index in [1.54, 1.807) is 25.3 Å². The zero-order chi connectivity index (χ0) is 25.1. The number of carbonyl (C=O) groups is 2. The van der Waals surface area contributed by atoms with Crippen LogP contribution in [0.1, 0.15) is 23.6 Å². The molecular formula is C29H31N3O4. The molecule has 7 heteroatoms. The summed E-state index contributed by atoms with van der Waals surface area (Å²) >= 11 is 0. The van der Waals surface area contributed by atoms with Crippen molar-refractivity contribution in [3.63, 3.8) is 0 Å². The smallest absolute Gasteiger partial charge is 0.251 e. The summed E-state index contributed by atoms with van der Waals surface area (Å²) < 4.78 is 10.7. The van der Waals surface area contributed by atoms with Gasteiger partial charge in [-0.2, -0.15) is 0 Å². The van der Waals surface area contributed by atoms with Crippen LogP contribution in [0.5, 0.6) is 11.5 Å². The number of imide groups is 1. The van der Waals surface area contributed by atoms with Crippen molar-refractivity contribution < 1.29 is 19.1 Å². The predicted octanol–water partition coefficient (Wildman–Crippen LogP) is 3.74. The van der Waals surface area contributed by atoms with Crippen LogP contribution in [0.3, 0.4) is 0 Å². The maximum absolute atomic E-state index is 13.4. The minimum atomic E-state index is -0.445. The maximum Gasteiger partial charge on any atom is 0.251 e. The Labute approximate surface area is 211 Å². The molecule has 3 aromatic rings. The molecule has 1 unspecified atom stereocenters. The molecule has 2 saturated heterocycles. The monoisotopic (exact) mass is 485 g/mol. The van der Waals surface area contributed by atoms with Crippen molar-refractivity contribution in [3.8, 4) is 11.5 Å². The summed E-state index contributed by atoms with van der Waals surface area (Å²) in [6.45, 7) is 3.06. The fraction of sp³-hybridized carbons (Fsp3) is 0.310. The average molecular weight is 486 g/mol. The van der Waals surface area contributed by atoms with E-state index in [4.69, 9.17) is 9.47 Å². The standard InChI is InChI=1S/C29H31N3O4/c1-35-25-14-13-23(19-26(25)36-2)32-27(33)20-24(29(32)34)30-15-17-31(18-16-30)28(21-9-5-3-6-10-21)22-11-7-4-8-12-22/h3-14,19,24,28H,15-18,20H2,1-2H3. The number of anilines is 1. The van der Waals surface area contributed by atoms with E-state index in [2.05, 4.69) is 58.3 Å². The number of ether oxygens (including phenoxy) is 2. The Kier molecular flexibility index (Phi) is 7.02. The molecule has 186 valence electrons. The first-order chi connectivity index (χ1) is 17.6. The zero-order valence-corrected chi connectivity index (χ0v) is 20.7. The van der Waals surface area contributed by atoms with Crippen molar-refractivity contribution in [2.24, 2.45) is 0 Å². The van der Waals surface area contributed by atoms with E-state index in [1.807, 2.05) is 12.1 Å². The Bertz CT molecular complexity index is 1170. The first-order valence-electron chi connectivity index (χ1n) is 12.3. The second-order valence-electron chi connectivity index (χ2n) is 9.12. The second kappa shape index (κ2) is 10.5. The number of benzene rings is 3. The van der Waals surface area contributed by atoms with E-state index in [0.29, 0.717) is 17.2 Å². The third-order valence-corrected chi connectivity index (χ3v) is 7.13. The Morgan fingerprint density at radius 3 is 1.89 bits per heavy atom. The molecule has 7 nitrogen and oxygen atoms in total. The van der Waals surface area contributed by atoms with E-state index in [1.165, 1.54) is 23.1 Å². The highest BCUT2D eigenvalue weighted by molar-refractivity contribution is 6.22. The Morgan fingerprint density at radius 1 is 0.750 bits per heavy atom. The molecule has 3 aromatic carbocycles. The van der Waals surface area contributed by atoms with E-state index < -0.39 is 6.04 Å². The van der Waals surface area contributed by atoms with Crippen LogP contribution in [0.15, 0.2) is 78.9 Å². The lowest BCUT2D eigenvalue weighted by atomic mass is 9.96. The van der Waals surface area contributed by atoms with Crippen LogP contribution in [0.2, 0.25) is 0 Å². The van der Waals surface area contributed by atoms with E-state index >= 15 is 0 Å². The number of rotatable bonds is 7. The van der Waals surface area contributed by atoms with Gasteiger partial charge in [0.1, 0.15) is 0 Å². The first-order valence-corrected chi connectivity index (χ1v) is 12.3. The molecule has 0 N–H and O–H groups in total. The molecule has 0 bridgehead atoms. The predicted molar refractivity (Wildman–Crippen MR) is 138 cm³/mol. The highest BCUT2D eigenvalue weighted by Gasteiger charge is 2.44. The summed E-state index contributed by atoms with van der Waals surface area (Å²) in [7, 11) is 3.09. The Hall–Kier alpha value is -3.68. The maximum atomic E-state index is 13.4. The summed E-state index contributed by atoms with van der Waals surface area (Å²) in [6.07, 6.45) is 0.188. The molecule has 0 aliphatic carbocycles. The number of methoxy groups -OCH3 is 2. The van der Waals surface area contributed by atoms with Gasteiger partial charge in [-0.25, -0.2) is 4.90 Å². The third kappa shape index (κ3) is 4.59. The number of amides is 2. The van der Waals surface area contributed by atoms with Crippen molar-refractivity contribution >= 4 is 17.5 Å². The van der Waals surface area contributed by atoms with Gasteiger partial charge in [0.2, 0.25) is 5.91 Å². The van der Waals surface area contributed by atoms with Crippen molar-refractivity contribution in [3.05, 3.63) is 90.0 Å². The van der Waals surface area contributed by atoms with Gasteiger partial charge < -0.3 is 9.47 Å². The highest BCUT2D eigenvalue weighted by atomic mass is 16.5. The number of carbonyl (C=O) groups excluding carboxylic acids is 2. The minimum absolute atomic E-state index is 0.152. The van der Waals surface area contributed by atoms with Crippen molar-refractivity contribution in [2.45, 2.75) is 18.5 Å². The van der Waals surface area contributed by atoms with Gasteiger partial charge in [0.15, 0.2) is 11.5 Å². The molecule has 5 rings (SSSR count). The quantitative estimate of drug-likeness (QED) is 0.475. The molecule has 2 heterocycles. The molecule has 2 fully saturated rings. The minimum Gasteiger partial charge on any atom is -0.493 e. The van der Waals surface area contributed by atoms with Gasteiger partial charge in [-0.15, -0.1) is 0 Å². The number of hydrogen-bond donors (Lipinski definition) is 0. The van der Waals surface area contributed by atoms with Crippen LogP contribution in [0.4, 0.5) is 5.69 Å². The molecule has 0 aromatic heterocycles. The lowest BCUT2D eigenvalue weighted by Gasteiger charge is -2.41. The number of piperazine rings is 1. The molecule has 0 radical (unpaired) electrons. The number of hydrogen-bond acceptors (Lipinski definition) is 6. The normalized spacial score (nSPS) is 19.2. The largest absolute Gasteiger partial charge is 0.493 e. The molecular weight excluding hydrogens is 454 g/mol. The van der Waals surface area contributed by atoms with E-state index in [-0.39, 0.29) is 24.3 Å². The van der Waals surface area contributed by atoms with Crippen LogP contribution in [-0.4, -0.2) is 68.1 Å². The van der Waals surface area contributed by atoms with Gasteiger partial charge in [-0.1, -0.05) is 60.7 Å². The highest BCUT2D eigenvalue weighted by Crippen LogP contribution is 2.35. The van der Waals surface area contributed by atoms with Gasteiger partial charge >= 0.3 is 0 Å². The van der Waals surface area contributed by atoms with Gasteiger partial charge in [-0.05, 0) is 23.3 Å². The number of nitrogens with zero attached hydrogens (tertiary/aromatic N) is 3. The van der Waals surface area contributed by atoms with Gasteiger partial charge in [0.25, 0.3) is 5.91 Å². The van der Waals surface area contributed by atoms with E-state index in [0.717, 1.165) is 26.2 Å². The summed E-state index contributed by atoms with van der Waals surface area (Å²) in [5.41, 5.74) is 3.02. The first kappa shape index (κ1) is 24.0. The molecule has 1 atom stereocenters.